The Kier molecular flexibility index (Phi) is 2.58. The molecule has 0 radical (unpaired) electrons. The molecule has 1 heterocycles. The first kappa shape index (κ1) is 11.2. The van der Waals surface area contributed by atoms with Crippen molar-refractivity contribution in [2.24, 2.45) is 0 Å². The summed E-state index contributed by atoms with van der Waals surface area (Å²) in [5, 5.41) is 8.74. The second-order valence-corrected chi connectivity index (χ2v) is 4.10. The van der Waals surface area contributed by atoms with Gasteiger partial charge in [0.15, 0.2) is 0 Å². The number of hydrogen-bond donors (Lipinski definition) is 0. The molecule has 4 heteroatoms. The fourth-order valence-electron chi connectivity index (χ4n) is 1.95. The molecule has 0 atom stereocenters. The topological polar surface area (TPSA) is 58.7 Å². The Bertz CT molecular complexity index is 794. The summed E-state index contributed by atoms with van der Waals surface area (Å²) in [5.74, 6) is -0.154. The zero-order valence-corrected chi connectivity index (χ0v) is 9.95. The molecule has 2 aromatic carbocycles. The van der Waals surface area contributed by atoms with E-state index in [1.807, 2.05) is 30.3 Å². The maximum absolute atomic E-state index is 12.4. The van der Waals surface area contributed by atoms with Crippen LogP contribution in [0.15, 0.2) is 54.9 Å². The quantitative estimate of drug-likeness (QED) is 0.664. The standard InChI is InChI=1S/C15H9N3O/c16-9-11-5-7-12(8-6-11)15(19)18-10-17-13-3-1-2-4-14(13)18/h1-8,10H. The highest BCUT2D eigenvalue weighted by molar-refractivity contribution is 6.01. The predicted molar refractivity (Wildman–Crippen MR) is 70.6 cm³/mol. The van der Waals surface area contributed by atoms with Crippen LogP contribution >= 0.6 is 0 Å². The molecule has 0 bridgehead atoms. The Morgan fingerprint density at radius 1 is 1.11 bits per heavy atom. The average molecular weight is 247 g/mol. The van der Waals surface area contributed by atoms with Gasteiger partial charge in [-0.1, -0.05) is 12.1 Å². The highest BCUT2D eigenvalue weighted by Crippen LogP contribution is 2.14. The highest BCUT2D eigenvalue weighted by Gasteiger charge is 2.11. The number of carbonyl (C=O) groups is 1. The van der Waals surface area contributed by atoms with Crippen LogP contribution in [-0.4, -0.2) is 15.5 Å². The van der Waals surface area contributed by atoms with E-state index >= 15 is 0 Å². The molecule has 0 aliphatic rings. The van der Waals surface area contributed by atoms with Crippen molar-refractivity contribution in [2.75, 3.05) is 0 Å². The lowest BCUT2D eigenvalue weighted by atomic mass is 10.1. The van der Waals surface area contributed by atoms with E-state index in [9.17, 15) is 4.79 Å². The zero-order chi connectivity index (χ0) is 13.2. The van der Waals surface area contributed by atoms with Gasteiger partial charge in [0.25, 0.3) is 5.91 Å². The second-order valence-electron chi connectivity index (χ2n) is 4.10. The molecule has 3 rings (SSSR count). The number of fused-ring (bicyclic) bond motifs is 1. The van der Waals surface area contributed by atoms with Gasteiger partial charge in [0.2, 0.25) is 0 Å². The number of nitriles is 1. The second kappa shape index (κ2) is 4.39. The van der Waals surface area contributed by atoms with E-state index in [0.29, 0.717) is 11.1 Å². The fraction of sp³-hybridized carbons (Fsp3) is 0. The van der Waals surface area contributed by atoms with Gasteiger partial charge in [-0.2, -0.15) is 5.26 Å². The molecule has 0 fully saturated rings. The van der Waals surface area contributed by atoms with Crippen LogP contribution in [-0.2, 0) is 0 Å². The summed E-state index contributed by atoms with van der Waals surface area (Å²) in [7, 11) is 0. The van der Waals surface area contributed by atoms with E-state index in [1.54, 1.807) is 24.3 Å². The minimum absolute atomic E-state index is 0.154. The summed E-state index contributed by atoms with van der Waals surface area (Å²) in [4.78, 5) is 16.5. The fourth-order valence-corrected chi connectivity index (χ4v) is 1.95. The van der Waals surface area contributed by atoms with E-state index < -0.39 is 0 Å². The molecule has 0 spiro atoms. The molecule has 4 nitrogen and oxygen atoms in total. The third-order valence-electron chi connectivity index (χ3n) is 2.93. The molecule has 0 N–H and O–H groups in total. The van der Waals surface area contributed by atoms with E-state index in [-0.39, 0.29) is 5.91 Å². The maximum atomic E-state index is 12.4. The zero-order valence-electron chi connectivity index (χ0n) is 9.95. The van der Waals surface area contributed by atoms with Gasteiger partial charge >= 0.3 is 0 Å². The molecule has 3 aromatic rings. The molecule has 90 valence electrons. The summed E-state index contributed by atoms with van der Waals surface area (Å²) in [6.07, 6.45) is 1.52. The highest BCUT2D eigenvalue weighted by atomic mass is 16.2. The first-order valence-corrected chi connectivity index (χ1v) is 5.76. The molecule has 1 aromatic heterocycles. The van der Waals surface area contributed by atoms with Crippen molar-refractivity contribution < 1.29 is 4.79 Å². The van der Waals surface area contributed by atoms with Crippen LogP contribution < -0.4 is 0 Å². The minimum atomic E-state index is -0.154. The molecule has 0 aliphatic heterocycles. The number of benzene rings is 2. The van der Waals surface area contributed by atoms with Crippen molar-refractivity contribution in [3.63, 3.8) is 0 Å². The van der Waals surface area contributed by atoms with Crippen molar-refractivity contribution >= 4 is 16.9 Å². The van der Waals surface area contributed by atoms with Crippen LogP contribution in [0.5, 0.6) is 0 Å². The van der Waals surface area contributed by atoms with Crippen molar-refractivity contribution in [2.45, 2.75) is 0 Å². The monoisotopic (exact) mass is 247 g/mol. The minimum Gasteiger partial charge on any atom is -0.268 e. The first-order valence-electron chi connectivity index (χ1n) is 5.76. The molecule has 0 saturated heterocycles. The van der Waals surface area contributed by atoms with Crippen molar-refractivity contribution in [3.8, 4) is 6.07 Å². The largest absolute Gasteiger partial charge is 0.268 e. The van der Waals surface area contributed by atoms with Crippen LogP contribution in [0.4, 0.5) is 0 Å². The van der Waals surface area contributed by atoms with Gasteiger partial charge in [0, 0.05) is 5.56 Å². The van der Waals surface area contributed by atoms with E-state index in [0.717, 1.165) is 11.0 Å². The van der Waals surface area contributed by atoms with Crippen LogP contribution in [0.3, 0.4) is 0 Å². The van der Waals surface area contributed by atoms with Gasteiger partial charge in [-0.3, -0.25) is 9.36 Å². The number of carbonyl (C=O) groups excluding carboxylic acids is 1. The molecular weight excluding hydrogens is 238 g/mol. The number of aromatic nitrogens is 2. The summed E-state index contributed by atoms with van der Waals surface area (Å²) in [6, 6.07) is 16.0. The van der Waals surface area contributed by atoms with Gasteiger partial charge in [0.05, 0.1) is 22.7 Å². The van der Waals surface area contributed by atoms with Gasteiger partial charge in [0.1, 0.15) is 6.33 Å². The molecule has 0 amide bonds. The van der Waals surface area contributed by atoms with Crippen molar-refractivity contribution in [3.05, 3.63) is 66.0 Å². The van der Waals surface area contributed by atoms with E-state index in [2.05, 4.69) is 4.98 Å². The number of nitrogens with zero attached hydrogens (tertiary/aromatic N) is 3. The normalized spacial score (nSPS) is 10.3. The molecule has 19 heavy (non-hydrogen) atoms. The number of hydrogen-bond acceptors (Lipinski definition) is 3. The number of rotatable bonds is 1. The third-order valence-corrected chi connectivity index (χ3v) is 2.93. The molecular formula is C15H9N3O. The molecule has 0 aliphatic carbocycles. The Balaban J connectivity index is 2.06. The third kappa shape index (κ3) is 1.87. The lowest BCUT2D eigenvalue weighted by molar-refractivity contribution is 0.0964. The number of para-hydroxylation sites is 2. The average Bonchev–Trinajstić information content (AvgIpc) is 2.90. The van der Waals surface area contributed by atoms with E-state index in [1.165, 1.54) is 10.9 Å². The van der Waals surface area contributed by atoms with Crippen LogP contribution in [0, 0.1) is 11.3 Å². The lowest BCUT2D eigenvalue weighted by Gasteiger charge is -2.03. The van der Waals surface area contributed by atoms with Crippen LogP contribution in [0.1, 0.15) is 15.9 Å². The van der Waals surface area contributed by atoms with Gasteiger partial charge in [-0.15, -0.1) is 0 Å². The Morgan fingerprint density at radius 3 is 2.58 bits per heavy atom. The molecule has 0 unspecified atom stereocenters. The van der Waals surface area contributed by atoms with Crippen molar-refractivity contribution in [1.82, 2.24) is 9.55 Å². The van der Waals surface area contributed by atoms with Crippen molar-refractivity contribution in [1.29, 1.82) is 5.26 Å². The van der Waals surface area contributed by atoms with Crippen LogP contribution in [0.25, 0.3) is 11.0 Å². The van der Waals surface area contributed by atoms with Gasteiger partial charge < -0.3 is 0 Å². The van der Waals surface area contributed by atoms with Gasteiger partial charge in [-0.05, 0) is 36.4 Å². The Morgan fingerprint density at radius 2 is 1.84 bits per heavy atom. The summed E-state index contributed by atoms with van der Waals surface area (Å²) in [6.45, 7) is 0. The maximum Gasteiger partial charge on any atom is 0.263 e. The Hall–Kier alpha value is -2.93. The smallest absolute Gasteiger partial charge is 0.263 e. The lowest BCUT2D eigenvalue weighted by Crippen LogP contribution is -2.10. The van der Waals surface area contributed by atoms with Gasteiger partial charge in [-0.25, -0.2) is 4.98 Å². The molecule has 0 saturated carbocycles. The predicted octanol–water partition coefficient (Wildman–Crippen LogP) is 2.60. The Labute approximate surface area is 109 Å². The number of imidazole rings is 1. The summed E-state index contributed by atoms with van der Waals surface area (Å²) >= 11 is 0. The van der Waals surface area contributed by atoms with E-state index in [4.69, 9.17) is 5.26 Å². The van der Waals surface area contributed by atoms with Crippen LogP contribution in [0.2, 0.25) is 0 Å². The summed E-state index contributed by atoms with van der Waals surface area (Å²) in [5.41, 5.74) is 2.62. The SMILES string of the molecule is N#Cc1ccc(C(=O)n2cnc3ccccc32)cc1. The summed E-state index contributed by atoms with van der Waals surface area (Å²) < 4.78 is 1.51. The first-order chi connectivity index (χ1) is 9.29.